The van der Waals surface area contributed by atoms with Gasteiger partial charge in [-0.15, -0.1) is 0 Å². The van der Waals surface area contributed by atoms with E-state index in [-0.39, 0.29) is 24.2 Å². The van der Waals surface area contributed by atoms with Crippen molar-refractivity contribution in [2.24, 2.45) is 0 Å². The van der Waals surface area contributed by atoms with Gasteiger partial charge in [0, 0.05) is 45.0 Å². The number of anilines is 1. The highest BCUT2D eigenvalue weighted by Gasteiger charge is 2.37. The van der Waals surface area contributed by atoms with E-state index in [4.69, 9.17) is 4.74 Å². The molecule has 0 saturated carbocycles. The van der Waals surface area contributed by atoms with E-state index >= 15 is 0 Å². The first-order valence-corrected chi connectivity index (χ1v) is 12.6. The van der Waals surface area contributed by atoms with Crippen LogP contribution in [0, 0.1) is 0 Å². The predicted octanol–water partition coefficient (Wildman–Crippen LogP) is 2.14. The molecule has 9 heteroatoms. The smallest absolute Gasteiger partial charge is 0.282 e. The van der Waals surface area contributed by atoms with E-state index in [1.165, 1.54) is 8.61 Å². The summed E-state index contributed by atoms with van der Waals surface area (Å²) in [6, 6.07) is 13.5. The third-order valence-corrected chi connectivity index (χ3v) is 8.22. The van der Waals surface area contributed by atoms with Gasteiger partial charge in [0.1, 0.15) is 0 Å². The number of amides is 1. The lowest BCUT2D eigenvalue weighted by atomic mass is 10.1. The van der Waals surface area contributed by atoms with Crippen LogP contribution >= 0.6 is 0 Å². The Morgan fingerprint density at radius 1 is 0.969 bits per heavy atom. The SMILES string of the molecule is CC1CN(S(=O)(=O)N2CCN(C(C)C(=O)Nc3ccc4ccccc4c3)CC2)CC(C)O1. The zero-order chi connectivity index (χ0) is 22.9. The van der Waals surface area contributed by atoms with Gasteiger partial charge in [0.25, 0.3) is 10.2 Å². The van der Waals surface area contributed by atoms with Gasteiger partial charge >= 0.3 is 0 Å². The second-order valence-electron chi connectivity index (χ2n) is 8.74. The number of ether oxygens (including phenoxy) is 1. The average Bonchev–Trinajstić information content (AvgIpc) is 2.78. The molecule has 0 bridgehead atoms. The van der Waals surface area contributed by atoms with Crippen molar-refractivity contribution < 1.29 is 17.9 Å². The summed E-state index contributed by atoms with van der Waals surface area (Å²) in [6.07, 6.45) is -0.234. The van der Waals surface area contributed by atoms with Crippen LogP contribution < -0.4 is 5.32 Å². The van der Waals surface area contributed by atoms with E-state index in [1.54, 1.807) is 0 Å². The molecule has 2 fully saturated rings. The molecule has 8 nitrogen and oxygen atoms in total. The number of piperazine rings is 1. The lowest BCUT2D eigenvalue weighted by molar-refractivity contribution is -0.121. The molecule has 0 radical (unpaired) electrons. The summed E-state index contributed by atoms with van der Waals surface area (Å²) in [5.74, 6) is -0.0904. The van der Waals surface area contributed by atoms with E-state index in [0.29, 0.717) is 39.3 Å². The second-order valence-corrected chi connectivity index (χ2v) is 10.7. The van der Waals surface area contributed by atoms with Crippen LogP contribution in [0.15, 0.2) is 42.5 Å². The molecule has 2 aliphatic heterocycles. The van der Waals surface area contributed by atoms with E-state index in [0.717, 1.165) is 16.5 Å². The molecule has 32 heavy (non-hydrogen) atoms. The molecule has 0 aromatic heterocycles. The molecule has 2 saturated heterocycles. The van der Waals surface area contributed by atoms with Crippen LogP contribution in [0.3, 0.4) is 0 Å². The van der Waals surface area contributed by atoms with Crippen LogP contribution in [-0.4, -0.2) is 85.4 Å². The Morgan fingerprint density at radius 2 is 1.59 bits per heavy atom. The van der Waals surface area contributed by atoms with Crippen molar-refractivity contribution in [1.29, 1.82) is 0 Å². The Labute approximate surface area is 190 Å². The number of hydrogen-bond donors (Lipinski definition) is 1. The number of morpholine rings is 1. The van der Waals surface area contributed by atoms with Crippen molar-refractivity contribution in [3.8, 4) is 0 Å². The third-order valence-electron chi connectivity index (χ3n) is 6.26. The Bertz CT molecular complexity index is 1060. The summed E-state index contributed by atoms with van der Waals surface area (Å²) in [5, 5.41) is 5.20. The fourth-order valence-electron chi connectivity index (χ4n) is 4.48. The fraction of sp³-hybridized carbons (Fsp3) is 0.522. The summed E-state index contributed by atoms with van der Waals surface area (Å²) in [6.45, 7) is 8.17. The second kappa shape index (κ2) is 9.44. The standard InChI is InChI=1S/C23H32N4O4S/c1-17-15-27(16-18(2)31-17)32(29,30)26-12-10-25(11-13-26)19(3)23(28)24-22-9-8-20-6-4-5-7-21(20)14-22/h4-9,14,17-19H,10-13,15-16H2,1-3H3,(H,24,28). The Morgan fingerprint density at radius 3 is 2.25 bits per heavy atom. The normalized spacial score (nSPS) is 25.0. The number of carbonyl (C=O) groups is 1. The zero-order valence-electron chi connectivity index (χ0n) is 18.9. The first-order valence-electron chi connectivity index (χ1n) is 11.2. The van der Waals surface area contributed by atoms with E-state index in [9.17, 15) is 13.2 Å². The van der Waals surface area contributed by atoms with Crippen molar-refractivity contribution in [3.05, 3.63) is 42.5 Å². The molecule has 2 heterocycles. The van der Waals surface area contributed by atoms with Crippen LogP contribution in [0.4, 0.5) is 5.69 Å². The van der Waals surface area contributed by atoms with Gasteiger partial charge in [-0.2, -0.15) is 17.0 Å². The maximum Gasteiger partial charge on any atom is 0.282 e. The highest BCUT2D eigenvalue weighted by molar-refractivity contribution is 7.86. The topological polar surface area (TPSA) is 82.2 Å². The highest BCUT2D eigenvalue weighted by atomic mass is 32.2. The van der Waals surface area contributed by atoms with E-state index < -0.39 is 10.2 Å². The van der Waals surface area contributed by atoms with Crippen molar-refractivity contribution in [3.63, 3.8) is 0 Å². The minimum absolute atomic E-state index is 0.0904. The quantitative estimate of drug-likeness (QED) is 0.739. The molecule has 0 spiro atoms. The Balaban J connectivity index is 1.34. The van der Waals surface area contributed by atoms with E-state index in [1.807, 2.05) is 68.1 Å². The van der Waals surface area contributed by atoms with Gasteiger partial charge in [0.2, 0.25) is 5.91 Å². The molecule has 2 aromatic rings. The van der Waals surface area contributed by atoms with Gasteiger partial charge in [-0.05, 0) is 43.7 Å². The average molecular weight is 461 g/mol. The van der Waals surface area contributed by atoms with Crippen molar-refractivity contribution in [1.82, 2.24) is 13.5 Å². The third kappa shape index (κ3) is 4.97. The number of rotatable bonds is 5. The molecule has 2 aliphatic rings. The maximum absolute atomic E-state index is 13.1. The fourth-order valence-corrected chi connectivity index (χ4v) is 6.23. The molecule has 0 aliphatic carbocycles. The summed E-state index contributed by atoms with van der Waals surface area (Å²) < 4.78 is 34.9. The molecular formula is C23H32N4O4S. The number of hydrogen-bond acceptors (Lipinski definition) is 5. The molecule has 3 atom stereocenters. The first kappa shape index (κ1) is 23.1. The number of benzene rings is 2. The summed E-state index contributed by atoms with van der Waals surface area (Å²) in [5.41, 5.74) is 0.761. The van der Waals surface area contributed by atoms with Crippen LogP contribution in [-0.2, 0) is 19.7 Å². The number of nitrogens with one attached hydrogen (secondary N) is 1. The van der Waals surface area contributed by atoms with E-state index in [2.05, 4.69) is 5.32 Å². The van der Waals surface area contributed by atoms with Crippen molar-refractivity contribution in [2.45, 2.75) is 39.0 Å². The Hall–Kier alpha value is -2.04. The largest absolute Gasteiger partial charge is 0.373 e. The Kier molecular flexibility index (Phi) is 6.83. The molecule has 1 amide bonds. The van der Waals surface area contributed by atoms with Gasteiger partial charge < -0.3 is 10.1 Å². The highest BCUT2D eigenvalue weighted by Crippen LogP contribution is 2.21. The van der Waals surface area contributed by atoms with Gasteiger partial charge in [0.05, 0.1) is 18.2 Å². The molecule has 2 aromatic carbocycles. The number of carbonyl (C=O) groups excluding carboxylic acids is 1. The van der Waals surface area contributed by atoms with Crippen LogP contribution in [0.5, 0.6) is 0 Å². The lowest BCUT2D eigenvalue weighted by Gasteiger charge is -2.41. The molecule has 174 valence electrons. The monoisotopic (exact) mass is 460 g/mol. The van der Waals surface area contributed by atoms with Gasteiger partial charge in [-0.3, -0.25) is 9.69 Å². The summed E-state index contributed by atoms with van der Waals surface area (Å²) >= 11 is 0. The first-order chi connectivity index (χ1) is 15.2. The molecule has 1 N–H and O–H groups in total. The molecule has 3 unspecified atom stereocenters. The zero-order valence-corrected chi connectivity index (χ0v) is 19.7. The molecule has 4 rings (SSSR count). The maximum atomic E-state index is 13.1. The van der Waals surface area contributed by atoms with Crippen LogP contribution in [0.25, 0.3) is 10.8 Å². The van der Waals surface area contributed by atoms with Crippen molar-refractivity contribution in [2.75, 3.05) is 44.6 Å². The van der Waals surface area contributed by atoms with Crippen LogP contribution in [0.1, 0.15) is 20.8 Å². The predicted molar refractivity (Wildman–Crippen MR) is 126 cm³/mol. The number of nitrogens with zero attached hydrogens (tertiary/aromatic N) is 3. The summed E-state index contributed by atoms with van der Waals surface area (Å²) in [4.78, 5) is 14.9. The van der Waals surface area contributed by atoms with Gasteiger partial charge in [-0.1, -0.05) is 30.3 Å². The van der Waals surface area contributed by atoms with Crippen molar-refractivity contribution >= 4 is 32.6 Å². The molecular weight excluding hydrogens is 428 g/mol. The van der Waals surface area contributed by atoms with Gasteiger partial charge in [-0.25, -0.2) is 0 Å². The number of fused-ring (bicyclic) bond motifs is 1. The minimum Gasteiger partial charge on any atom is -0.373 e. The summed E-state index contributed by atoms with van der Waals surface area (Å²) in [7, 11) is -3.53. The lowest BCUT2D eigenvalue weighted by Crippen LogP contribution is -2.58. The van der Waals surface area contributed by atoms with Gasteiger partial charge in [0.15, 0.2) is 0 Å². The minimum atomic E-state index is -3.53. The van der Waals surface area contributed by atoms with Crippen LogP contribution in [0.2, 0.25) is 0 Å².